The molecule has 2 aromatic carbocycles. The summed E-state index contributed by atoms with van der Waals surface area (Å²) in [5.74, 6) is 0. The molecule has 2 amide bonds. The van der Waals surface area contributed by atoms with E-state index in [0.717, 1.165) is 57.1 Å². The molecule has 5 rings (SSSR count). The zero-order chi connectivity index (χ0) is 23.8. The van der Waals surface area contributed by atoms with Crippen molar-refractivity contribution in [2.24, 2.45) is 0 Å². The van der Waals surface area contributed by atoms with Gasteiger partial charge in [-0.05, 0) is 69.2 Å². The van der Waals surface area contributed by atoms with Crippen molar-refractivity contribution in [3.05, 3.63) is 65.7 Å². The Bertz CT molecular complexity index is 1070. The summed E-state index contributed by atoms with van der Waals surface area (Å²) in [6.45, 7) is 3.42. The lowest BCUT2D eigenvalue weighted by Crippen LogP contribution is -2.58. The third kappa shape index (κ3) is 3.77. The molecule has 178 valence electrons. The van der Waals surface area contributed by atoms with Gasteiger partial charge in [-0.25, -0.2) is 4.79 Å². The number of benzene rings is 2. The predicted molar refractivity (Wildman–Crippen MR) is 132 cm³/mol. The van der Waals surface area contributed by atoms with E-state index in [9.17, 15) is 15.2 Å². The maximum atomic E-state index is 14.3. The van der Waals surface area contributed by atoms with Crippen LogP contribution in [-0.4, -0.2) is 46.3 Å². The fraction of sp³-hybridized carbons (Fsp3) is 0.500. The Morgan fingerprint density at radius 1 is 1.06 bits per heavy atom. The topological polar surface area (TPSA) is 79.6 Å². The zero-order valence-electron chi connectivity index (χ0n) is 19.9. The van der Waals surface area contributed by atoms with E-state index in [2.05, 4.69) is 30.4 Å². The summed E-state index contributed by atoms with van der Waals surface area (Å²) in [6, 6.07) is 20.0. The van der Waals surface area contributed by atoms with Crippen molar-refractivity contribution in [2.45, 2.75) is 75.1 Å². The first-order chi connectivity index (χ1) is 16.5. The second kappa shape index (κ2) is 9.05. The number of carbonyl (C=O) groups is 1. The summed E-state index contributed by atoms with van der Waals surface area (Å²) in [4.78, 5) is 18.1. The Kier molecular flexibility index (Phi) is 6.09. The van der Waals surface area contributed by atoms with Gasteiger partial charge >= 0.3 is 6.03 Å². The number of nitrogens with one attached hydrogen (secondary N) is 1. The molecule has 3 fully saturated rings. The third-order valence-electron chi connectivity index (χ3n) is 8.22. The summed E-state index contributed by atoms with van der Waals surface area (Å²) in [6.07, 6.45) is 6.14. The van der Waals surface area contributed by atoms with Gasteiger partial charge in [0.25, 0.3) is 0 Å². The van der Waals surface area contributed by atoms with Gasteiger partial charge in [-0.15, -0.1) is 0 Å². The molecule has 2 aromatic rings. The van der Waals surface area contributed by atoms with Gasteiger partial charge in [0.1, 0.15) is 6.07 Å². The average molecular weight is 459 g/mol. The molecule has 6 heteroatoms. The number of carbonyl (C=O) groups excluding carboxylic acids is 1. The van der Waals surface area contributed by atoms with E-state index in [0.29, 0.717) is 23.8 Å². The van der Waals surface area contributed by atoms with Crippen molar-refractivity contribution in [3.63, 3.8) is 0 Å². The van der Waals surface area contributed by atoms with Crippen molar-refractivity contribution >= 4 is 11.7 Å². The lowest BCUT2D eigenvalue weighted by atomic mass is 9.71. The average Bonchev–Trinajstić information content (AvgIpc) is 3.07. The molecular weight excluding hydrogens is 424 g/mol. The molecule has 0 radical (unpaired) electrons. The number of hydrogen-bond donors (Lipinski definition) is 2. The van der Waals surface area contributed by atoms with Crippen LogP contribution in [0.25, 0.3) is 0 Å². The highest BCUT2D eigenvalue weighted by Crippen LogP contribution is 2.54. The molecule has 0 aromatic heterocycles. The molecule has 2 saturated carbocycles. The molecule has 34 heavy (non-hydrogen) atoms. The van der Waals surface area contributed by atoms with Crippen LogP contribution in [0.3, 0.4) is 0 Å². The molecule has 3 aliphatic rings. The minimum Gasteiger partial charge on any atom is -0.388 e. The third-order valence-corrected chi connectivity index (χ3v) is 8.22. The van der Waals surface area contributed by atoms with E-state index in [1.807, 2.05) is 46.2 Å². The Balaban J connectivity index is 1.64. The molecule has 2 N–H and O–H groups in total. The normalized spacial score (nSPS) is 28.1. The number of β-amino-alcohol motifs (C(OH)–C–C–N with tert-alkyl or cyclic N) is 1. The van der Waals surface area contributed by atoms with Gasteiger partial charge in [0, 0.05) is 6.04 Å². The maximum Gasteiger partial charge on any atom is 0.325 e. The second-order valence-electron chi connectivity index (χ2n) is 10.2. The maximum absolute atomic E-state index is 14.3. The van der Waals surface area contributed by atoms with E-state index in [4.69, 9.17) is 0 Å². The highest BCUT2D eigenvalue weighted by atomic mass is 16.3. The summed E-state index contributed by atoms with van der Waals surface area (Å²) in [5.41, 5.74) is 0.983. The predicted octanol–water partition coefficient (Wildman–Crippen LogP) is 4.75. The summed E-state index contributed by atoms with van der Waals surface area (Å²) in [7, 11) is 0. The van der Waals surface area contributed by atoms with Crippen LogP contribution in [0.15, 0.2) is 54.6 Å². The summed E-state index contributed by atoms with van der Waals surface area (Å²) < 4.78 is 0. The highest BCUT2D eigenvalue weighted by Gasteiger charge is 2.60. The van der Waals surface area contributed by atoms with Gasteiger partial charge in [0.15, 0.2) is 0 Å². The summed E-state index contributed by atoms with van der Waals surface area (Å²) in [5, 5.41) is 24.6. The highest BCUT2D eigenvalue weighted by molar-refractivity contribution is 5.98. The number of aliphatic hydroxyl groups is 1. The number of nitrogens with zero attached hydrogens (tertiary/aromatic N) is 3. The molecule has 1 atom stereocenters. The van der Waals surface area contributed by atoms with Crippen molar-refractivity contribution in [1.82, 2.24) is 10.2 Å². The Morgan fingerprint density at radius 3 is 2.35 bits per heavy atom. The molecule has 1 heterocycles. The van der Waals surface area contributed by atoms with Crippen LogP contribution >= 0.6 is 0 Å². The van der Waals surface area contributed by atoms with Crippen LogP contribution in [0.2, 0.25) is 0 Å². The van der Waals surface area contributed by atoms with Gasteiger partial charge in [-0.3, -0.25) is 4.90 Å². The van der Waals surface area contributed by atoms with E-state index >= 15 is 0 Å². The van der Waals surface area contributed by atoms with E-state index in [-0.39, 0.29) is 12.1 Å². The first-order valence-electron chi connectivity index (χ1n) is 12.6. The molecule has 6 nitrogen and oxygen atoms in total. The lowest BCUT2D eigenvalue weighted by Gasteiger charge is -2.49. The minimum absolute atomic E-state index is 0.0984. The monoisotopic (exact) mass is 458 g/mol. The fourth-order valence-electron chi connectivity index (χ4n) is 6.35. The van der Waals surface area contributed by atoms with Crippen LogP contribution in [0.4, 0.5) is 10.5 Å². The van der Waals surface area contributed by atoms with Crippen LogP contribution in [0, 0.1) is 11.3 Å². The minimum atomic E-state index is -0.812. The van der Waals surface area contributed by atoms with Crippen molar-refractivity contribution in [1.29, 1.82) is 5.26 Å². The van der Waals surface area contributed by atoms with E-state index < -0.39 is 11.1 Å². The molecule has 1 aliphatic heterocycles. The van der Waals surface area contributed by atoms with Gasteiger partial charge < -0.3 is 15.3 Å². The smallest absolute Gasteiger partial charge is 0.325 e. The van der Waals surface area contributed by atoms with Gasteiger partial charge in [0.2, 0.25) is 0 Å². The van der Waals surface area contributed by atoms with Crippen molar-refractivity contribution < 1.29 is 9.90 Å². The number of hydrogen-bond acceptors (Lipinski definition) is 4. The number of rotatable bonds is 6. The Hall–Kier alpha value is -2.88. The fourth-order valence-corrected chi connectivity index (χ4v) is 6.35. The Labute approximate surface area is 202 Å². The first-order valence-corrected chi connectivity index (χ1v) is 12.6. The van der Waals surface area contributed by atoms with E-state index in [1.165, 1.54) is 0 Å². The zero-order valence-corrected chi connectivity index (χ0v) is 19.9. The van der Waals surface area contributed by atoms with Crippen molar-refractivity contribution in [2.75, 3.05) is 18.0 Å². The van der Waals surface area contributed by atoms with Crippen LogP contribution in [0.1, 0.15) is 69.0 Å². The van der Waals surface area contributed by atoms with E-state index in [1.54, 1.807) is 6.07 Å². The van der Waals surface area contributed by atoms with Gasteiger partial charge in [-0.1, -0.05) is 49.4 Å². The second-order valence-corrected chi connectivity index (χ2v) is 10.2. The number of nitriles is 1. The standard InChI is InChI=1S/C28H34N4O2/c1-2-30-23-13-17-28(18-14-23)25(21-9-4-3-5-10-21)32(24-12-7-6-11-22(24)19-29)26(33)31(28)20-27(34)15-8-16-27/h3-7,9-12,23,25,30,34H,2,8,13-18,20H2,1H3. The lowest BCUT2D eigenvalue weighted by molar-refractivity contribution is -0.0704. The van der Waals surface area contributed by atoms with Crippen LogP contribution in [0.5, 0.6) is 0 Å². The molecular formula is C28H34N4O2. The number of urea groups is 1. The number of anilines is 1. The molecule has 1 spiro atoms. The summed E-state index contributed by atoms with van der Waals surface area (Å²) >= 11 is 0. The van der Waals surface area contributed by atoms with Gasteiger partial charge in [0.05, 0.1) is 35.0 Å². The van der Waals surface area contributed by atoms with Crippen LogP contribution in [-0.2, 0) is 0 Å². The quantitative estimate of drug-likeness (QED) is 0.655. The molecule has 1 unspecified atom stereocenters. The number of para-hydroxylation sites is 1. The SMILES string of the molecule is CCNC1CCC2(CC1)C(c1ccccc1)N(c1ccccc1C#N)C(=O)N2CC1(O)CCC1. The van der Waals surface area contributed by atoms with Crippen LogP contribution < -0.4 is 10.2 Å². The van der Waals surface area contributed by atoms with Crippen molar-refractivity contribution in [3.8, 4) is 6.07 Å². The number of amides is 2. The molecule has 0 bridgehead atoms. The first kappa shape index (κ1) is 22.9. The molecule has 1 saturated heterocycles. The van der Waals surface area contributed by atoms with Gasteiger partial charge in [-0.2, -0.15) is 5.26 Å². The molecule has 2 aliphatic carbocycles. The Morgan fingerprint density at radius 2 is 1.74 bits per heavy atom. The largest absolute Gasteiger partial charge is 0.388 e.